The Kier molecular flexibility index (Phi) is 4.81. The summed E-state index contributed by atoms with van der Waals surface area (Å²) in [5.41, 5.74) is 1.02. The van der Waals surface area contributed by atoms with Crippen LogP contribution in [0.1, 0.15) is 11.1 Å². The second kappa shape index (κ2) is 6.12. The smallest absolute Gasteiger partial charge is 0.236 e. The Hall–Kier alpha value is -1.93. The van der Waals surface area contributed by atoms with E-state index < -0.39 is 0 Å². The van der Waals surface area contributed by atoms with Crippen molar-refractivity contribution in [2.75, 3.05) is 27.7 Å². The molecule has 5 heteroatoms. The van der Waals surface area contributed by atoms with Crippen molar-refractivity contribution >= 4 is 5.91 Å². The molecule has 1 aromatic carbocycles. The summed E-state index contributed by atoms with van der Waals surface area (Å²) in [4.78, 5) is 14.8. The van der Waals surface area contributed by atoms with Crippen molar-refractivity contribution in [2.45, 2.75) is 6.54 Å². The molecule has 0 spiro atoms. The van der Waals surface area contributed by atoms with Gasteiger partial charge in [-0.2, -0.15) is 5.26 Å². The Morgan fingerprint density at radius 2 is 2.06 bits per heavy atom. The zero-order valence-corrected chi connectivity index (χ0v) is 10.8. The van der Waals surface area contributed by atoms with Crippen molar-refractivity contribution < 1.29 is 9.18 Å². The fourth-order valence-corrected chi connectivity index (χ4v) is 1.52. The predicted octanol–water partition coefficient (Wildman–Crippen LogP) is 1.22. The van der Waals surface area contributed by atoms with Gasteiger partial charge in [0.15, 0.2) is 0 Å². The summed E-state index contributed by atoms with van der Waals surface area (Å²) < 4.78 is 13.1. The molecule has 0 atom stereocenters. The van der Waals surface area contributed by atoms with Crippen molar-refractivity contribution in [1.29, 1.82) is 5.26 Å². The van der Waals surface area contributed by atoms with Crippen molar-refractivity contribution in [1.82, 2.24) is 9.80 Å². The lowest BCUT2D eigenvalue weighted by Gasteiger charge is -2.19. The lowest BCUT2D eigenvalue weighted by molar-refractivity contribution is -0.129. The Morgan fingerprint density at radius 3 is 2.61 bits per heavy atom. The third-order valence-electron chi connectivity index (χ3n) is 2.53. The number of halogens is 1. The Morgan fingerprint density at radius 1 is 1.39 bits per heavy atom. The molecule has 0 radical (unpaired) electrons. The van der Waals surface area contributed by atoms with Gasteiger partial charge in [0, 0.05) is 20.6 Å². The molecule has 0 fully saturated rings. The minimum atomic E-state index is -0.378. The SMILES string of the molecule is CN(CC(=O)N(C)C)Cc1cc(F)ccc1C#N. The minimum Gasteiger partial charge on any atom is -0.348 e. The van der Waals surface area contributed by atoms with E-state index in [2.05, 4.69) is 0 Å². The molecule has 18 heavy (non-hydrogen) atoms. The van der Waals surface area contributed by atoms with E-state index >= 15 is 0 Å². The van der Waals surface area contributed by atoms with Gasteiger partial charge in [-0.3, -0.25) is 9.69 Å². The van der Waals surface area contributed by atoms with Crippen LogP contribution in [0.3, 0.4) is 0 Å². The number of hydrogen-bond donors (Lipinski definition) is 0. The summed E-state index contributed by atoms with van der Waals surface area (Å²) in [6, 6.07) is 6.05. The summed E-state index contributed by atoms with van der Waals surface area (Å²) >= 11 is 0. The van der Waals surface area contributed by atoms with Crippen molar-refractivity contribution in [2.24, 2.45) is 0 Å². The van der Waals surface area contributed by atoms with Crippen LogP contribution < -0.4 is 0 Å². The Balaban J connectivity index is 2.76. The minimum absolute atomic E-state index is 0.0348. The fraction of sp³-hybridized carbons (Fsp3) is 0.385. The van der Waals surface area contributed by atoms with Crippen LogP contribution in [0, 0.1) is 17.1 Å². The average molecular weight is 249 g/mol. The van der Waals surface area contributed by atoms with Crippen LogP contribution in [0.2, 0.25) is 0 Å². The van der Waals surface area contributed by atoms with Gasteiger partial charge >= 0.3 is 0 Å². The first kappa shape index (κ1) is 14.1. The van der Waals surface area contributed by atoms with Crippen LogP contribution in [0.5, 0.6) is 0 Å². The highest BCUT2D eigenvalue weighted by Crippen LogP contribution is 2.12. The van der Waals surface area contributed by atoms with Gasteiger partial charge in [0.2, 0.25) is 5.91 Å². The van der Waals surface area contributed by atoms with Gasteiger partial charge in [-0.15, -0.1) is 0 Å². The number of nitriles is 1. The van der Waals surface area contributed by atoms with Crippen LogP contribution in [0.15, 0.2) is 18.2 Å². The third kappa shape index (κ3) is 3.82. The molecular weight excluding hydrogens is 233 g/mol. The standard InChI is InChI=1S/C13H16FN3O/c1-16(2)13(18)9-17(3)8-11-6-12(14)5-4-10(11)7-15/h4-6H,8-9H2,1-3H3. The predicted molar refractivity (Wildman–Crippen MR) is 66.1 cm³/mol. The van der Waals surface area contributed by atoms with E-state index in [1.807, 2.05) is 6.07 Å². The van der Waals surface area contributed by atoms with Crippen LogP contribution in [0.4, 0.5) is 4.39 Å². The van der Waals surface area contributed by atoms with Crippen LogP contribution in [0.25, 0.3) is 0 Å². The van der Waals surface area contributed by atoms with Gasteiger partial charge in [0.1, 0.15) is 5.82 Å². The molecule has 0 bridgehead atoms. The monoisotopic (exact) mass is 249 g/mol. The number of likely N-dealkylation sites (N-methyl/N-ethyl adjacent to an activating group) is 2. The molecule has 0 aliphatic heterocycles. The fourth-order valence-electron chi connectivity index (χ4n) is 1.52. The number of nitrogens with zero attached hydrogens (tertiary/aromatic N) is 3. The van der Waals surface area contributed by atoms with E-state index in [9.17, 15) is 9.18 Å². The molecule has 1 amide bonds. The number of amides is 1. The summed E-state index contributed by atoms with van der Waals surface area (Å²) in [6.07, 6.45) is 0. The largest absolute Gasteiger partial charge is 0.348 e. The van der Waals surface area contributed by atoms with E-state index in [0.717, 1.165) is 0 Å². The molecule has 96 valence electrons. The van der Waals surface area contributed by atoms with E-state index in [4.69, 9.17) is 5.26 Å². The van der Waals surface area contributed by atoms with Gasteiger partial charge in [-0.05, 0) is 30.8 Å². The highest BCUT2D eigenvalue weighted by molar-refractivity contribution is 5.77. The van der Waals surface area contributed by atoms with E-state index in [-0.39, 0.29) is 18.3 Å². The first-order valence-corrected chi connectivity index (χ1v) is 5.51. The second-order valence-electron chi connectivity index (χ2n) is 4.37. The molecule has 0 aliphatic carbocycles. The zero-order valence-electron chi connectivity index (χ0n) is 10.8. The topological polar surface area (TPSA) is 47.3 Å². The normalized spacial score (nSPS) is 10.2. The molecule has 4 nitrogen and oxygen atoms in total. The lowest BCUT2D eigenvalue weighted by atomic mass is 10.1. The van der Waals surface area contributed by atoms with Gasteiger partial charge in [0.05, 0.1) is 18.2 Å². The number of benzene rings is 1. The van der Waals surface area contributed by atoms with Crippen molar-refractivity contribution in [3.63, 3.8) is 0 Å². The molecule has 0 aromatic heterocycles. The summed E-state index contributed by atoms with van der Waals surface area (Å²) in [7, 11) is 5.12. The third-order valence-corrected chi connectivity index (χ3v) is 2.53. The van der Waals surface area contributed by atoms with Crippen LogP contribution >= 0.6 is 0 Å². The molecule has 0 unspecified atom stereocenters. The van der Waals surface area contributed by atoms with Crippen LogP contribution in [-0.4, -0.2) is 43.4 Å². The number of hydrogen-bond acceptors (Lipinski definition) is 3. The zero-order chi connectivity index (χ0) is 13.7. The van der Waals surface area contributed by atoms with E-state index in [1.165, 1.54) is 23.1 Å². The van der Waals surface area contributed by atoms with E-state index in [1.54, 1.807) is 26.0 Å². The summed E-state index contributed by atoms with van der Waals surface area (Å²) in [5, 5.41) is 8.93. The number of carbonyl (C=O) groups is 1. The first-order chi connectivity index (χ1) is 8.43. The first-order valence-electron chi connectivity index (χ1n) is 5.51. The van der Waals surface area contributed by atoms with Gasteiger partial charge < -0.3 is 4.90 Å². The molecule has 0 saturated carbocycles. The molecule has 1 rings (SSSR count). The number of carbonyl (C=O) groups excluding carboxylic acids is 1. The van der Waals surface area contributed by atoms with Gasteiger partial charge in [-0.25, -0.2) is 4.39 Å². The summed E-state index contributed by atoms with van der Waals surface area (Å²) in [6.45, 7) is 0.592. The van der Waals surface area contributed by atoms with Crippen molar-refractivity contribution in [3.8, 4) is 6.07 Å². The molecule has 0 heterocycles. The van der Waals surface area contributed by atoms with E-state index in [0.29, 0.717) is 17.7 Å². The average Bonchev–Trinajstić information content (AvgIpc) is 2.28. The number of rotatable bonds is 4. The maximum Gasteiger partial charge on any atom is 0.236 e. The molecule has 1 aromatic rings. The lowest BCUT2D eigenvalue weighted by Crippen LogP contribution is -2.34. The van der Waals surface area contributed by atoms with Crippen LogP contribution in [-0.2, 0) is 11.3 Å². The summed E-state index contributed by atoms with van der Waals surface area (Å²) in [5.74, 6) is -0.413. The maximum absolute atomic E-state index is 13.1. The maximum atomic E-state index is 13.1. The highest BCUT2D eigenvalue weighted by Gasteiger charge is 2.11. The molecule has 0 aliphatic rings. The Labute approximate surface area is 106 Å². The highest BCUT2D eigenvalue weighted by atomic mass is 19.1. The van der Waals surface area contributed by atoms with Gasteiger partial charge in [-0.1, -0.05) is 0 Å². The molecular formula is C13H16FN3O. The quantitative estimate of drug-likeness (QED) is 0.806. The molecule has 0 saturated heterocycles. The Bertz CT molecular complexity index is 480. The van der Waals surface area contributed by atoms with Crippen molar-refractivity contribution in [3.05, 3.63) is 35.1 Å². The van der Waals surface area contributed by atoms with Gasteiger partial charge in [0.25, 0.3) is 0 Å². The second-order valence-corrected chi connectivity index (χ2v) is 4.37. The molecule has 0 N–H and O–H groups in total.